The Morgan fingerprint density at radius 2 is 0.871 bits per heavy atom. The zero-order valence-corrected chi connectivity index (χ0v) is 19.3. The van der Waals surface area contributed by atoms with Crippen molar-refractivity contribution in [2.75, 3.05) is 0 Å². The topological polar surface area (TPSA) is 0 Å². The van der Waals surface area contributed by atoms with Crippen LogP contribution in [0.2, 0.25) is 0 Å². The van der Waals surface area contributed by atoms with Crippen molar-refractivity contribution in [1.29, 1.82) is 0 Å². The van der Waals surface area contributed by atoms with Crippen molar-refractivity contribution in [3.63, 3.8) is 0 Å². The minimum absolute atomic E-state index is 0.114. The van der Waals surface area contributed by atoms with Crippen LogP contribution in [-0.4, -0.2) is 13.3 Å². The molecule has 0 bridgehead atoms. The average molecular weight is 463 g/mol. The van der Waals surface area contributed by atoms with Crippen LogP contribution >= 0.6 is 0 Å². The molecule has 5 rings (SSSR count). The van der Waals surface area contributed by atoms with Crippen molar-refractivity contribution < 1.29 is 4.39 Å². The molecule has 0 amide bonds. The Morgan fingerprint density at radius 3 is 1.32 bits per heavy atom. The van der Waals surface area contributed by atoms with Crippen LogP contribution in [0.3, 0.4) is 0 Å². The standard InChI is InChI=1S/C29H23FGe/c30-29-21-24-13-11-10-12-23(24)20-25(29)22-31(26-14-4-1-5-15-26,27-16-6-2-7-17-27)28-18-8-3-9-19-28/h1-21H,22H2. The van der Waals surface area contributed by atoms with Crippen molar-refractivity contribution in [3.8, 4) is 0 Å². The van der Waals surface area contributed by atoms with Gasteiger partial charge < -0.3 is 0 Å². The molecular formula is C29H23FGe. The molecule has 0 radical (unpaired) electrons. The summed E-state index contributed by atoms with van der Waals surface area (Å²) < 4.78 is 19.4. The number of halogens is 1. The Labute approximate surface area is 185 Å². The van der Waals surface area contributed by atoms with Crippen molar-refractivity contribution in [2.24, 2.45) is 0 Å². The predicted molar refractivity (Wildman–Crippen MR) is 132 cm³/mol. The van der Waals surface area contributed by atoms with Gasteiger partial charge in [-0.25, -0.2) is 0 Å². The van der Waals surface area contributed by atoms with Gasteiger partial charge in [0, 0.05) is 0 Å². The SMILES string of the molecule is Fc1cc2ccccc2cc1[CH2][Ge]([c]1ccccc1)([c]1ccccc1)[c]1ccccc1. The third kappa shape index (κ3) is 3.70. The Hall–Kier alpha value is -3.17. The molecule has 0 aromatic heterocycles. The third-order valence-corrected chi connectivity index (χ3v) is 16.4. The molecule has 0 unspecified atom stereocenters. The van der Waals surface area contributed by atoms with Gasteiger partial charge >= 0.3 is 186 Å². The van der Waals surface area contributed by atoms with E-state index in [9.17, 15) is 0 Å². The number of fused-ring (bicyclic) bond motifs is 1. The second kappa shape index (κ2) is 8.52. The van der Waals surface area contributed by atoms with Gasteiger partial charge in [0.05, 0.1) is 0 Å². The Bertz CT molecular complexity index is 1200. The molecule has 0 N–H and O–H groups in total. The molecule has 5 aromatic carbocycles. The average Bonchev–Trinajstić information content (AvgIpc) is 2.84. The molecule has 0 nitrogen and oxygen atoms in total. The monoisotopic (exact) mass is 464 g/mol. The summed E-state index contributed by atoms with van der Waals surface area (Å²) in [7, 11) is 0. The molecule has 0 aliphatic heterocycles. The quantitative estimate of drug-likeness (QED) is 0.314. The number of benzene rings is 5. The van der Waals surface area contributed by atoms with Gasteiger partial charge in [-0.05, 0) is 0 Å². The molecule has 0 aliphatic carbocycles. The van der Waals surface area contributed by atoms with Gasteiger partial charge in [-0.3, -0.25) is 0 Å². The van der Waals surface area contributed by atoms with Gasteiger partial charge in [-0.1, -0.05) is 0 Å². The van der Waals surface area contributed by atoms with E-state index >= 15 is 4.39 Å². The summed E-state index contributed by atoms with van der Waals surface area (Å²) in [5.74, 6) is -0.114. The molecule has 0 spiro atoms. The molecule has 0 fully saturated rings. The molecule has 2 heteroatoms. The van der Waals surface area contributed by atoms with E-state index < -0.39 is 13.3 Å². The van der Waals surface area contributed by atoms with Crippen molar-refractivity contribution in [3.05, 3.63) is 139 Å². The van der Waals surface area contributed by atoms with E-state index in [1.54, 1.807) is 6.07 Å². The molecule has 0 saturated carbocycles. The first-order valence-corrected chi connectivity index (χ1v) is 15.2. The fourth-order valence-corrected chi connectivity index (χ4v) is 14.6. The first-order chi connectivity index (χ1) is 15.3. The van der Waals surface area contributed by atoms with E-state index in [-0.39, 0.29) is 5.82 Å². The van der Waals surface area contributed by atoms with E-state index in [2.05, 4.69) is 103 Å². The Morgan fingerprint density at radius 1 is 0.484 bits per heavy atom. The second-order valence-electron chi connectivity index (χ2n) is 7.97. The fraction of sp³-hybridized carbons (Fsp3) is 0.0345. The van der Waals surface area contributed by atoms with Crippen LogP contribution in [-0.2, 0) is 5.25 Å². The van der Waals surface area contributed by atoms with Gasteiger partial charge in [0.25, 0.3) is 0 Å². The van der Waals surface area contributed by atoms with E-state index in [1.165, 1.54) is 13.2 Å². The van der Waals surface area contributed by atoms with Crippen LogP contribution in [0.5, 0.6) is 0 Å². The van der Waals surface area contributed by atoms with Gasteiger partial charge in [0.15, 0.2) is 0 Å². The van der Waals surface area contributed by atoms with Crippen LogP contribution in [0, 0.1) is 5.82 Å². The van der Waals surface area contributed by atoms with Crippen molar-refractivity contribution in [1.82, 2.24) is 0 Å². The molecule has 150 valence electrons. The van der Waals surface area contributed by atoms with Crippen LogP contribution in [0.4, 0.5) is 4.39 Å². The number of rotatable bonds is 5. The second-order valence-corrected chi connectivity index (χ2v) is 16.1. The molecule has 0 atom stereocenters. The molecule has 5 aromatic rings. The maximum absolute atomic E-state index is 15.4. The summed E-state index contributed by atoms with van der Waals surface area (Å²) in [5.41, 5.74) is 0.801. The van der Waals surface area contributed by atoms with Crippen LogP contribution < -0.4 is 13.2 Å². The third-order valence-electron chi connectivity index (χ3n) is 6.17. The summed E-state index contributed by atoms with van der Waals surface area (Å²) in [6.45, 7) is 0. The summed E-state index contributed by atoms with van der Waals surface area (Å²) in [5, 5.41) is 2.75. The van der Waals surface area contributed by atoms with Crippen molar-refractivity contribution in [2.45, 2.75) is 5.25 Å². The van der Waals surface area contributed by atoms with E-state index in [1.807, 2.05) is 18.2 Å². The van der Waals surface area contributed by atoms with Gasteiger partial charge in [0.2, 0.25) is 0 Å². The summed E-state index contributed by atoms with van der Waals surface area (Å²) in [4.78, 5) is 0. The summed E-state index contributed by atoms with van der Waals surface area (Å²) in [6, 6.07) is 44.0. The van der Waals surface area contributed by atoms with E-state index in [0.29, 0.717) is 5.25 Å². The Kier molecular flexibility index (Phi) is 5.44. The van der Waals surface area contributed by atoms with Gasteiger partial charge in [-0.2, -0.15) is 0 Å². The zero-order valence-electron chi connectivity index (χ0n) is 17.2. The maximum atomic E-state index is 15.4. The Balaban J connectivity index is 1.79. The first-order valence-electron chi connectivity index (χ1n) is 10.6. The van der Waals surface area contributed by atoms with Crippen molar-refractivity contribution >= 4 is 37.2 Å². The molecule has 0 saturated heterocycles. The number of hydrogen-bond acceptors (Lipinski definition) is 0. The van der Waals surface area contributed by atoms with Gasteiger partial charge in [-0.15, -0.1) is 0 Å². The molecule has 0 heterocycles. The first kappa shape index (κ1) is 19.8. The van der Waals surface area contributed by atoms with E-state index in [4.69, 9.17) is 0 Å². The molecular weight excluding hydrogens is 440 g/mol. The zero-order chi connectivity index (χ0) is 21.1. The molecule has 31 heavy (non-hydrogen) atoms. The van der Waals surface area contributed by atoms with Crippen LogP contribution in [0.1, 0.15) is 5.56 Å². The minimum atomic E-state index is -3.23. The fourth-order valence-electron chi connectivity index (χ4n) is 4.66. The molecule has 0 aliphatic rings. The number of hydrogen-bond donors (Lipinski definition) is 0. The van der Waals surface area contributed by atoms with Crippen LogP contribution in [0.25, 0.3) is 10.8 Å². The summed E-state index contributed by atoms with van der Waals surface area (Å²) >= 11 is -3.23. The summed E-state index contributed by atoms with van der Waals surface area (Å²) in [6.07, 6.45) is 0. The predicted octanol–water partition coefficient (Wildman–Crippen LogP) is 5.23. The normalized spacial score (nSPS) is 11.5. The van der Waals surface area contributed by atoms with Crippen LogP contribution in [0.15, 0.2) is 127 Å². The van der Waals surface area contributed by atoms with Gasteiger partial charge in [0.1, 0.15) is 0 Å². The van der Waals surface area contributed by atoms with E-state index in [0.717, 1.165) is 16.3 Å².